The van der Waals surface area contributed by atoms with E-state index in [1.807, 2.05) is 25.7 Å². The third-order valence-corrected chi connectivity index (χ3v) is 4.88. The van der Waals surface area contributed by atoms with Crippen LogP contribution in [0.2, 0.25) is 0 Å². The molecule has 0 bridgehead atoms. The molecule has 4 atom stereocenters. The van der Waals surface area contributed by atoms with E-state index in [0.717, 1.165) is 12.1 Å². The predicted octanol–water partition coefficient (Wildman–Crippen LogP) is 4.67. The zero-order chi connectivity index (χ0) is 31.3. The summed E-state index contributed by atoms with van der Waals surface area (Å²) in [4.78, 5) is 15.8. The molecule has 166 valence electrons. The maximum absolute atomic E-state index is 13.8. The Morgan fingerprint density at radius 1 is 1.37 bits per heavy atom. The van der Waals surface area contributed by atoms with Crippen LogP contribution in [0, 0.1) is 30.6 Å². The molecule has 2 rings (SSSR count). The first-order chi connectivity index (χ1) is 17.9. The highest BCUT2D eigenvalue weighted by atomic mass is 16.6. The predicted molar refractivity (Wildman–Crippen MR) is 122 cm³/mol. The zero-order valence-electron chi connectivity index (χ0n) is 28.6. The molecule has 4 heteroatoms. The van der Waals surface area contributed by atoms with Gasteiger partial charge in [-0.1, -0.05) is 68.3 Å². The third-order valence-electron chi connectivity index (χ3n) is 4.88. The van der Waals surface area contributed by atoms with Crippen molar-refractivity contribution in [1.82, 2.24) is 4.90 Å². The maximum Gasteiger partial charge on any atom is 0.344 e. The molecule has 1 aliphatic carbocycles. The second-order valence-electron chi connectivity index (χ2n) is 7.60. The van der Waals surface area contributed by atoms with Crippen LogP contribution in [0.25, 0.3) is 0 Å². The lowest BCUT2D eigenvalue weighted by Gasteiger charge is -2.39. The van der Waals surface area contributed by atoms with Crippen LogP contribution in [-0.2, 0) is 15.1 Å². The summed E-state index contributed by atoms with van der Waals surface area (Å²) >= 11 is 0. The van der Waals surface area contributed by atoms with Crippen molar-refractivity contribution in [2.75, 3.05) is 13.1 Å². The van der Waals surface area contributed by atoms with Gasteiger partial charge in [0.05, 0.1) is 6.54 Å². The average Bonchev–Trinajstić information content (AvgIpc) is 2.84. The van der Waals surface area contributed by atoms with E-state index in [-0.39, 0.29) is 6.04 Å². The summed E-state index contributed by atoms with van der Waals surface area (Å²) in [6, 6.07) is 5.37. The zero-order valence-corrected chi connectivity index (χ0v) is 18.6. The number of hydrogen-bond donors (Lipinski definition) is 1. The van der Waals surface area contributed by atoms with Crippen LogP contribution in [-0.4, -0.2) is 41.2 Å². The minimum absolute atomic E-state index is 0.193. The summed E-state index contributed by atoms with van der Waals surface area (Å²) in [6.07, 6.45) is -15.9. The first-order valence-corrected chi connectivity index (χ1v) is 10.2. The number of hydrogen-bond acceptors (Lipinski definition) is 4. The van der Waals surface area contributed by atoms with E-state index in [1.54, 1.807) is 6.92 Å². The smallest absolute Gasteiger partial charge is 0.344 e. The number of ether oxygens (including phenoxy) is 1. The molecule has 0 heterocycles. The fourth-order valence-electron chi connectivity index (χ4n) is 3.00. The number of esters is 1. The molecule has 4 nitrogen and oxygen atoms in total. The number of carbonyl (C=O) groups is 1. The summed E-state index contributed by atoms with van der Waals surface area (Å²) < 4.78 is 91.3. The highest BCUT2D eigenvalue weighted by Crippen LogP contribution is 2.42. The Kier molecular flexibility index (Phi) is 4.96. The maximum atomic E-state index is 13.8. The molecule has 30 heavy (non-hydrogen) atoms. The van der Waals surface area contributed by atoms with Crippen LogP contribution in [0.4, 0.5) is 0 Å². The number of rotatable bonds is 7. The van der Waals surface area contributed by atoms with Gasteiger partial charge in [0, 0.05) is 25.6 Å². The molecule has 0 amide bonds. The highest BCUT2D eigenvalue weighted by molar-refractivity contribution is 5.82. The van der Waals surface area contributed by atoms with Crippen molar-refractivity contribution in [2.24, 2.45) is 11.8 Å². The van der Waals surface area contributed by atoms with Gasteiger partial charge in [0.25, 0.3) is 0 Å². The molecule has 1 saturated carbocycles. The van der Waals surface area contributed by atoms with Crippen molar-refractivity contribution in [2.45, 2.75) is 84.8 Å². The Morgan fingerprint density at radius 2 is 2.03 bits per heavy atom. The van der Waals surface area contributed by atoms with Crippen molar-refractivity contribution >= 4 is 5.97 Å². The molecular weight excluding hydrogens is 374 g/mol. The van der Waals surface area contributed by atoms with Crippen LogP contribution in [0.15, 0.2) is 24.3 Å². The van der Waals surface area contributed by atoms with Crippen molar-refractivity contribution in [3.8, 4) is 11.8 Å². The molecule has 0 radical (unpaired) electrons. The molecule has 1 N–H and O–H groups in total. The Hall–Kier alpha value is -1.83. The number of benzene rings is 1. The van der Waals surface area contributed by atoms with Crippen molar-refractivity contribution in [3.05, 3.63) is 35.4 Å². The Balaban J connectivity index is 2.80. The fourth-order valence-corrected chi connectivity index (χ4v) is 3.00. The monoisotopic (exact) mass is 423 g/mol. The first-order valence-electron chi connectivity index (χ1n) is 15.2. The topological polar surface area (TPSA) is 49.8 Å². The van der Waals surface area contributed by atoms with Crippen molar-refractivity contribution in [3.63, 3.8) is 0 Å². The number of carbonyl (C=O) groups excluding carboxylic acids is 1. The van der Waals surface area contributed by atoms with Gasteiger partial charge in [-0.3, -0.25) is 4.90 Å². The van der Waals surface area contributed by atoms with Gasteiger partial charge < -0.3 is 9.84 Å². The van der Waals surface area contributed by atoms with E-state index in [9.17, 15) is 11.3 Å². The Labute approximate surface area is 197 Å². The fraction of sp³-hybridized carbons (Fsp3) is 0.654. The quantitative estimate of drug-likeness (QED) is 0.511. The Morgan fingerprint density at radius 3 is 2.63 bits per heavy atom. The van der Waals surface area contributed by atoms with Crippen molar-refractivity contribution in [1.29, 1.82) is 0 Å². The summed E-state index contributed by atoms with van der Waals surface area (Å²) in [7, 11) is 0. The second-order valence-corrected chi connectivity index (χ2v) is 7.60. The van der Waals surface area contributed by atoms with Crippen LogP contribution in [0.3, 0.4) is 0 Å². The van der Waals surface area contributed by atoms with Gasteiger partial charge in [0.15, 0.2) is 11.7 Å². The van der Waals surface area contributed by atoms with E-state index >= 15 is 0 Å². The van der Waals surface area contributed by atoms with E-state index in [2.05, 4.69) is 11.8 Å². The molecule has 1 fully saturated rings. The third kappa shape index (κ3) is 6.09. The van der Waals surface area contributed by atoms with Crippen molar-refractivity contribution < 1.29 is 28.3 Å². The molecule has 1 aromatic carbocycles. The van der Waals surface area contributed by atoms with Gasteiger partial charge in [0.1, 0.15) is 0 Å². The van der Waals surface area contributed by atoms with Gasteiger partial charge >= 0.3 is 5.97 Å². The van der Waals surface area contributed by atoms with E-state index in [1.165, 1.54) is 19.1 Å². The lowest BCUT2D eigenvalue weighted by molar-refractivity contribution is -0.178. The number of aliphatic hydroxyl groups is 1. The van der Waals surface area contributed by atoms with Gasteiger partial charge in [-0.15, -0.1) is 0 Å². The van der Waals surface area contributed by atoms with Crippen LogP contribution < -0.4 is 0 Å². The lowest BCUT2D eigenvalue weighted by Crippen LogP contribution is -2.46. The lowest BCUT2D eigenvalue weighted by atomic mass is 9.70. The minimum Gasteiger partial charge on any atom is -0.447 e. The highest BCUT2D eigenvalue weighted by Gasteiger charge is 2.48. The molecule has 0 aliphatic heterocycles. The number of nitrogens with zero attached hydrogens (tertiary/aromatic N) is 1. The van der Waals surface area contributed by atoms with E-state index < -0.39 is 60.5 Å². The van der Waals surface area contributed by atoms with Gasteiger partial charge in [-0.2, -0.15) is 0 Å². The molecular formula is C26H39NO3. The number of aryl methyl sites for hydroxylation is 1. The average molecular weight is 424 g/mol. The first kappa shape index (κ1) is 13.6. The molecule has 1 aromatic rings. The largest absolute Gasteiger partial charge is 0.447 e. The molecule has 4 unspecified atom stereocenters. The molecule has 0 aromatic heterocycles. The summed E-state index contributed by atoms with van der Waals surface area (Å²) in [5.74, 6) is -3.09. The van der Waals surface area contributed by atoms with Gasteiger partial charge in [-0.05, 0) is 58.4 Å². The van der Waals surface area contributed by atoms with E-state index in [4.69, 9.17) is 17.1 Å². The van der Waals surface area contributed by atoms with Crippen LogP contribution in [0.5, 0.6) is 0 Å². The van der Waals surface area contributed by atoms with Gasteiger partial charge in [-0.25, -0.2) is 4.79 Å². The Bertz CT molecular complexity index is 1130. The molecule has 0 saturated heterocycles. The summed E-state index contributed by atoms with van der Waals surface area (Å²) in [5, 5.41) is 12.1. The second kappa shape index (κ2) is 11.0. The van der Waals surface area contributed by atoms with Crippen LogP contribution >= 0.6 is 0 Å². The standard InChI is InChI=1S/C26H39NO3/c1-7-27(19(2)3)17-9-11-22(6)30-25(28)26(29,23-15-13-20(4)14-16-23)24-12-8-10-21(5)18-24/h13-16,19,21-22,24,29H,7-8,10,12,17-18H2,1-6H3/i8D2,10D2,12D2,18D2,21D,24D. The molecule has 1 aliphatic rings. The molecule has 0 spiro atoms. The normalized spacial score (nSPS) is 38.7. The summed E-state index contributed by atoms with van der Waals surface area (Å²) in [6.45, 7) is 10.7. The minimum atomic E-state index is -3.87. The van der Waals surface area contributed by atoms with Crippen LogP contribution in [0.1, 0.15) is 84.9 Å². The van der Waals surface area contributed by atoms with Gasteiger partial charge in [0.2, 0.25) is 0 Å². The van der Waals surface area contributed by atoms with E-state index in [0.29, 0.717) is 25.6 Å². The summed E-state index contributed by atoms with van der Waals surface area (Å²) in [5.41, 5.74) is -3.37. The SMILES string of the molecule is [2H]C1([2H])C([2H])([2H])C([2H])(C)C([2H])([2H])C([2H])(C(O)(C(=O)OC(C)C#CCN(CC)C(C)C)c2ccc(C)cc2)C1([2H])[2H].